The molecule has 2 aromatic rings. The third-order valence-electron chi connectivity index (χ3n) is 5.00. The Morgan fingerprint density at radius 1 is 1.00 bits per heavy atom. The number of hydrogen-bond acceptors (Lipinski definition) is 4. The predicted octanol–water partition coefficient (Wildman–Crippen LogP) is 2.57. The van der Waals surface area contributed by atoms with E-state index in [4.69, 9.17) is 4.74 Å². The summed E-state index contributed by atoms with van der Waals surface area (Å²) in [6.45, 7) is 4.46. The van der Waals surface area contributed by atoms with E-state index in [1.54, 1.807) is 7.11 Å². The van der Waals surface area contributed by atoms with Gasteiger partial charge in [0.15, 0.2) is 0 Å². The summed E-state index contributed by atoms with van der Waals surface area (Å²) in [6, 6.07) is 18.5. The molecule has 0 saturated carbocycles. The second-order valence-electron chi connectivity index (χ2n) is 6.81. The van der Waals surface area contributed by atoms with E-state index < -0.39 is 0 Å². The zero-order valence-electron chi connectivity index (χ0n) is 16.1. The molecule has 1 saturated heterocycles. The lowest BCUT2D eigenvalue weighted by atomic mass is 10.1. The molecule has 0 spiro atoms. The third-order valence-corrected chi connectivity index (χ3v) is 5.00. The van der Waals surface area contributed by atoms with Crippen molar-refractivity contribution in [2.75, 3.05) is 51.3 Å². The molecule has 1 aliphatic rings. The average Bonchev–Trinajstić information content (AvgIpc) is 2.74. The molecule has 1 amide bonds. The van der Waals surface area contributed by atoms with Gasteiger partial charge in [-0.05, 0) is 37.1 Å². The first-order valence-electron chi connectivity index (χ1n) is 9.68. The first-order chi connectivity index (χ1) is 13.3. The van der Waals surface area contributed by atoms with Crippen LogP contribution in [-0.2, 0) is 11.2 Å². The van der Waals surface area contributed by atoms with Gasteiger partial charge >= 0.3 is 0 Å². The standard InChI is InChI=1S/C22H29N3O2/c1-27-21-12-6-5-11-20(21)24-14-16-25(17-15-24)22(26)18-23-13-7-10-19-8-3-2-4-9-19/h2-6,8-9,11-12,23H,7,10,13-18H2,1H3. The molecule has 0 unspecified atom stereocenters. The number of nitrogens with zero attached hydrogens (tertiary/aromatic N) is 2. The topological polar surface area (TPSA) is 44.8 Å². The van der Waals surface area contributed by atoms with E-state index >= 15 is 0 Å². The van der Waals surface area contributed by atoms with Gasteiger partial charge < -0.3 is 19.9 Å². The van der Waals surface area contributed by atoms with E-state index in [9.17, 15) is 4.79 Å². The van der Waals surface area contributed by atoms with Crippen molar-refractivity contribution in [3.63, 3.8) is 0 Å². The van der Waals surface area contributed by atoms with Crippen molar-refractivity contribution in [2.45, 2.75) is 12.8 Å². The van der Waals surface area contributed by atoms with Crippen LogP contribution in [0.4, 0.5) is 5.69 Å². The van der Waals surface area contributed by atoms with E-state index in [-0.39, 0.29) is 5.91 Å². The summed E-state index contributed by atoms with van der Waals surface area (Å²) in [5.41, 5.74) is 2.45. The Bertz CT molecular complexity index is 713. The van der Waals surface area contributed by atoms with Gasteiger partial charge in [-0.25, -0.2) is 0 Å². The van der Waals surface area contributed by atoms with Crippen LogP contribution >= 0.6 is 0 Å². The lowest BCUT2D eigenvalue weighted by molar-refractivity contribution is -0.130. The van der Waals surface area contributed by atoms with Crippen LogP contribution < -0.4 is 15.0 Å². The second-order valence-corrected chi connectivity index (χ2v) is 6.81. The number of methoxy groups -OCH3 is 1. The zero-order chi connectivity index (χ0) is 18.9. The number of benzene rings is 2. The number of anilines is 1. The van der Waals surface area contributed by atoms with Crippen LogP contribution in [0.15, 0.2) is 54.6 Å². The van der Waals surface area contributed by atoms with Crippen molar-refractivity contribution in [3.8, 4) is 5.75 Å². The number of para-hydroxylation sites is 2. The van der Waals surface area contributed by atoms with Gasteiger partial charge in [-0.3, -0.25) is 4.79 Å². The Hall–Kier alpha value is -2.53. The largest absolute Gasteiger partial charge is 0.495 e. The fourth-order valence-electron chi connectivity index (χ4n) is 3.46. The number of aryl methyl sites for hydroxylation is 1. The molecule has 1 aliphatic heterocycles. The van der Waals surface area contributed by atoms with Crippen LogP contribution in [0.5, 0.6) is 5.75 Å². The summed E-state index contributed by atoms with van der Waals surface area (Å²) in [6.07, 6.45) is 2.08. The predicted molar refractivity (Wildman–Crippen MR) is 109 cm³/mol. The Balaban J connectivity index is 1.36. The molecule has 5 heteroatoms. The number of carbonyl (C=O) groups is 1. The van der Waals surface area contributed by atoms with Crippen LogP contribution in [0.2, 0.25) is 0 Å². The summed E-state index contributed by atoms with van der Waals surface area (Å²) in [5.74, 6) is 1.08. The minimum absolute atomic E-state index is 0.189. The van der Waals surface area contributed by atoms with Crippen LogP contribution in [-0.4, -0.2) is 57.2 Å². The highest BCUT2D eigenvalue weighted by Gasteiger charge is 2.22. The third kappa shape index (κ3) is 5.47. The van der Waals surface area contributed by atoms with E-state index in [2.05, 4.69) is 40.5 Å². The van der Waals surface area contributed by atoms with E-state index in [1.165, 1.54) is 5.56 Å². The molecule has 0 bridgehead atoms. The Kier molecular flexibility index (Phi) is 7.11. The maximum absolute atomic E-state index is 12.4. The van der Waals surface area contributed by atoms with Crippen LogP contribution in [0.1, 0.15) is 12.0 Å². The molecule has 0 atom stereocenters. The van der Waals surface area contributed by atoms with Gasteiger partial charge in [-0.1, -0.05) is 42.5 Å². The number of piperazine rings is 1. The molecule has 2 aromatic carbocycles. The van der Waals surface area contributed by atoms with Crippen molar-refractivity contribution in [2.24, 2.45) is 0 Å². The summed E-state index contributed by atoms with van der Waals surface area (Å²) < 4.78 is 5.45. The van der Waals surface area contributed by atoms with Crippen molar-refractivity contribution in [3.05, 3.63) is 60.2 Å². The molecular weight excluding hydrogens is 338 g/mol. The van der Waals surface area contributed by atoms with Crippen molar-refractivity contribution in [1.29, 1.82) is 0 Å². The fourth-order valence-corrected chi connectivity index (χ4v) is 3.46. The molecule has 0 aromatic heterocycles. The minimum atomic E-state index is 0.189. The number of nitrogens with one attached hydrogen (secondary N) is 1. The van der Waals surface area contributed by atoms with Crippen LogP contribution in [0.25, 0.3) is 0 Å². The second kappa shape index (κ2) is 9.97. The molecule has 27 heavy (non-hydrogen) atoms. The first-order valence-corrected chi connectivity index (χ1v) is 9.68. The van der Waals surface area contributed by atoms with Gasteiger partial charge in [-0.15, -0.1) is 0 Å². The van der Waals surface area contributed by atoms with Gasteiger partial charge in [-0.2, -0.15) is 0 Å². The monoisotopic (exact) mass is 367 g/mol. The molecule has 144 valence electrons. The summed E-state index contributed by atoms with van der Waals surface area (Å²) in [5, 5.41) is 3.29. The molecule has 5 nitrogen and oxygen atoms in total. The lowest BCUT2D eigenvalue weighted by Gasteiger charge is -2.36. The normalized spacial score (nSPS) is 14.3. The number of carbonyl (C=O) groups excluding carboxylic acids is 1. The number of rotatable bonds is 8. The van der Waals surface area contributed by atoms with Crippen LogP contribution in [0.3, 0.4) is 0 Å². The Morgan fingerprint density at radius 2 is 1.70 bits per heavy atom. The molecule has 1 heterocycles. The van der Waals surface area contributed by atoms with Gasteiger partial charge in [0.2, 0.25) is 5.91 Å². The summed E-state index contributed by atoms with van der Waals surface area (Å²) >= 11 is 0. The highest BCUT2D eigenvalue weighted by atomic mass is 16.5. The quantitative estimate of drug-likeness (QED) is 0.729. The summed E-state index contributed by atoms with van der Waals surface area (Å²) in [4.78, 5) is 16.7. The van der Waals surface area contributed by atoms with Crippen molar-refractivity contribution in [1.82, 2.24) is 10.2 Å². The average molecular weight is 367 g/mol. The number of hydrogen-bond donors (Lipinski definition) is 1. The molecule has 3 rings (SSSR count). The lowest BCUT2D eigenvalue weighted by Crippen LogP contribution is -2.51. The van der Waals surface area contributed by atoms with E-state index in [0.29, 0.717) is 6.54 Å². The van der Waals surface area contributed by atoms with Gasteiger partial charge in [0, 0.05) is 26.2 Å². The van der Waals surface area contributed by atoms with Gasteiger partial charge in [0.05, 0.1) is 19.3 Å². The number of ether oxygens (including phenoxy) is 1. The molecule has 1 N–H and O–H groups in total. The van der Waals surface area contributed by atoms with Crippen molar-refractivity contribution >= 4 is 11.6 Å². The Morgan fingerprint density at radius 3 is 2.44 bits per heavy atom. The molecule has 0 aliphatic carbocycles. The van der Waals surface area contributed by atoms with Crippen LogP contribution in [0, 0.1) is 0 Å². The SMILES string of the molecule is COc1ccccc1N1CCN(C(=O)CNCCCc2ccccc2)CC1. The maximum Gasteiger partial charge on any atom is 0.236 e. The minimum Gasteiger partial charge on any atom is -0.495 e. The molecule has 0 radical (unpaired) electrons. The van der Waals surface area contributed by atoms with E-state index in [1.807, 2.05) is 29.2 Å². The highest BCUT2D eigenvalue weighted by molar-refractivity contribution is 5.78. The zero-order valence-corrected chi connectivity index (χ0v) is 16.1. The smallest absolute Gasteiger partial charge is 0.236 e. The highest BCUT2D eigenvalue weighted by Crippen LogP contribution is 2.28. The molecular formula is C22H29N3O2. The molecule has 1 fully saturated rings. The first kappa shape index (κ1) is 19.2. The summed E-state index contributed by atoms with van der Waals surface area (Å²) in [7, 11) is 1.70. The van der Waals surface area contributed by atoms with Gasteiger partial charge in [0.25, 0.3) is 0 Å². The van der Waals surface area contributed by atoms with Crippen molar-refractivity contribution < 1.29 is 9.53 Å². The van der Waals surface area contributed by atoms with E-state index in [0.717, 1.165) is 57.0 Å². The maximum atomic E-state index is 12.4. The van der Waals surface area contributed by atoms with Gasteiger partial charge in [0.1, 0.15) is 5.75 Å². The Labute approximate surface area is 161 Å². The fraction of sp³-hybridized carbons (Fsp3) is 0.409. The number of amides is 1.